The average molecular weight is 286 g/mol. The zero-order valence-electron chi connectivity index (χ0n) is 10.1. The molecule has 1 fully saturated rings. The maximum absolute atomic E-state index is 13.0. The third-order valence-electron chi connectivity index (χ3n) is 3.27. The predicted molar refractivity (Wildman–Crippen MR) is 68.1 cm³/mol. The second-order valence-electron chi connectivity index (χ2n) is 4.56. The van der Waals surface area contributed by atoms with Crippen molar-refractivity contribution in [2.24, 2.45) is 5.92 Å². The lowest BCUT2D eigenvalue weighted by Crippen LogP contribution is -2.41. The Balaban J connectivity index is 2.14. The first kappa shape index (κ1) is 13.8. The zero-order chi connectivity index (χ0) is 14.0. The Labute approximate surface area is 114 Å². The van der Waals surface area contributed by atoms with Crippen LogP contribution in [-0.2, 0) is 0 Å². The van der Waals surface area contributed by atoms with Gasteiger partial charge in [-0.2, -0.15) is 0 Å². The van der Waals surface area contributed by atoms with Crippen LogP contribution in [0.3, 0.4) is 0 Å². The van der Waals surface area contributed by atoms with Crippen LogP contribution >= 0.6 is 11.6 Å². The summed E-state index contributed by atoms with van der Waals surface area (Å²) in [4.78, 5) is 24.4. The van der Waals surface area contributed by atoms with Gasteiger partial charge in [-0.3, -0.25) is 4.79 Å². The lowest BCUT2D eigenvalue weighted by Gasteiger charge is -2.29. The average Bonchev–Trinajstić information content (AvgIpc) is 2.41. The number of nitrogens with zero attached hydrogens (tertiary/aromatic N) is 1. The molecule has 1 saturated heterocycles. The van der Waals surface area contributed by atoms with Crippen LogP contribution in [0.4, 0.5) is 9.18 Å². The second-order valence-corrected chi connectivity index (χ2v) is 4.97. The van der Waals surface area contributed by atoms with Crippen molar-refractivity contribution in [3.8, 4) is 0 Å². The van der Waals surface area contributed by atoms with E-state index in [2.05, 4.69) is 0 Å². The molecule has 102 valence electrons. The van der Waals surface area contributed by atoms with Crippen LogP contribution in [0.2, 0.25) is 5.02 Å². The van der Waals surface area contributed by atoms with Crippen molar-refractivity contribution in [2.75, 3.05) is 13.1 Å². The van der Waals surface area contributed by atoms with E-state index in [0.29, 0.717) is 24.9 Å². The number of hydrogen-bond donors (Lipinski definition) is 1. The smallest absolute Gasteiger partial charge is 0.407 e. The highest BCUT2D eigenvalue weighted by molar-refractivity contribution is 6.31. The summed E-state index contributed by atoms with van der Waals surface area (Å²) in [5.74, 6) is -1.15. The minimum absolute atomic E-state index is 0.100. The van der Waals surface area contributed by atoms with Gasteiger partial charge in [0, 0.05) is 24.6 Å². The number of benzene rings is 1. The third-order valence-corrected chi connectivity index (χ3v) is 3.56. The molecule has 1 aliphatic rings. The zero-order valence-corrected chi connectivity index (χ0v) is 10.9. The molecular weight excluding hydrogens is 273 g/mol. The Kier molecular flexibility index (Phi) is 4.04. The van der Waals surface area contributed by atoms with E-state index in [1.165, 1.54) is 17.0 Å². The maximum Gasteiger partial charge on any atom is 0.407 e. The number of amides is 1. The molecule has 1 aromatic carbocycles. The number of carbonyl (C=O) groups excluding carboxylic acids is 1. The van der Waals surface area contributed by atoms with Gasteiger partial charge in [0.2, 0.25) is 0 Å². The number of hydrogen-bond acceptors (Lipinski definition) is 2. The van der Waals surface area contributed by atoms with E-state index in [-0.39, 0.29) is 23.3 Å². The van der Waals surface area contributed by atoms with Crippen LogP contribution in [0.15, 0.2) is 18.2 Å². The van der Waals surface area contributed by atoms with Gasteiger partial charge < -0.3 is 10.0 Å². The normalized spacial score (nSPS) is 19.3. The van der Waals surface area contributed by atoms with Gasteiger partial charge in [-0.25, -0.2) is 9.18 Å². The molecule has 1 N–H and O–H groups in total. The number of Topliss-reactive ketones (excluding diaryl/α,β-unsaturated/α-hetero) is 1. The van der Waals surface area contributed by atoms with Crippen molar-refractivity contribution in [1.29, 1.82) is 0 Å². The van der Waals surface area contributed by atoms with Gasteiger partial charge in [-0.05, 0) is 31.0 Å². The topological polar surface area (TPSA) is 57.6 Å². The number of ketones is 1. The molecule has 4 nitrogen and oxygen atoms in total. The fourth-order valence-electron chi connectivity index (χ4n) is 2.25. The maximum atomic E-state index is 13.0. The minimum atomic E-state index is -1.02. The summed E-state index contributed by atoms with van der Waals surface area (Å²) in [5.41, 5.74) is 0.323. The number of halogens is 2. The second kappa shape index (κ2) is 5.57. The molecule has 0 saturated carbocycles. The van der Waals surface area contributed by atoms with Crippen LogP contribution in [-0.4, -0.2) is 35.0 Å². The van der Waals surface area contributed by atoms with Crippen molar-refractivity contribution < 1.29 is 19.1 Å². The van der Waals surface area contributed by atoms with Crippen molar-refractivity contribution in [1.82, 2.24) is 4.90 Å². The van der Waals surface area contributed by atoms with Gasteiger partial charge in [-0.1, -0.05) is 11.6 Å². The van der Waals surface area contributed by atoms with Gasteiger partial charge in [0.1, 0.15) is 5.82 Å². The number of carboxylic acid groups (broad SMARTS) is 1. The molecular formula is C13H13ClFNO3. The molecule has 1 heterocycles. The Morgan fingerprint density at radius 1 is 1.42 bits per heavy atom. The monoisotopic (exact) mass is 285 g/mol. The summed E-state index contributed by atoms with van der Waals surface area (Å²) in [7, 11) is 0. The van der Waals surface area contributed by atoms with Gasteiger partial charge >= 0.3 is 6.09 Å². The molecule has 0 bridgehead atoms. The van der Waals surface area contributed by atoms with Gasteiger partial charge in [-0.15, -0.1) is 0 Å². The van der Waals surface area contributed by atoms with Crippen LogP contribution in [0.5, 0.6) is 0 Å². The van der Waals surface area contributed by atoms with Gasteiger partial charge in [0.05, 0.1) is 5.02 Å². The summed E-state index contributed by atoms with van der Waals surface area (Å²) < 4.78 is 13.0. The predicted octanol–water partition coefficient (Wildman–Crippen LogP) is 3.05. The van der Waals surface area contributed by atoms with Crippen LogP contribution in [0, 0.1) is 11.7 Å². The molecule has 2 rings (SSSR count). The molecule has 0 aliphatic carbocycles. The van der Waals surface area contributed by atoms with Crippen LogP contribution in [0.25, 0.3) is 0 Å². The third kappa shape index (κ3) is 3.04. The van der Waals surface area contributed by atoms with Crippen LogP contribution in [0.1, 0.15) is 23.2 Å². The Morgan fingerprint density at radius 3 is 2.79 bits per heavy atom. The Morgan fingerprint density at radius 2 is 2.16 bits per heavy atom. The summed E-state index contributed by atoms with van der Waals surface area (Å²) in [6.07, 6.45) is 0.268. The summed E-state index contributed by atoms with van der Waals surface area (Å²) in [5, 5.41) is 8.83. The fourth-order valence-corrected chi connectivity index (χ4v) is 2.43. The molecule has 0 radical (unpaired) electrons. The molecule has 1 aliphatic heterocycles. The lowest BCUT2D eigenvalue weighted by molar-refractivity contribution is 0.0806. The van der Waals surface area contributed by atoms with E-state index in [1.54, 1.807) is 0 Å². The number of piperidine rings is 1. The first-order chi connectivity index (χ1) is 8.99. The van der Waals surface area contributed by atoms with Crippen molar-refractivity contribution in [3.63, 3.8) is 0 Å². The van der Waals surface area contributed by atoms with Crippen molar-refractivity contribution in [3.05, 3.63) is 34.6 Å². The van der Waals surface area contributed by atoms with E-state index in [9.17, 15) is 14.0 Å². The first-order valence-electron chi connectivity index (χ1n) is 5.96. The van der Waals surface area contributed by atoms with E-state index in [4.69, 9.17) is 16.7 Å². The molecule has 1 aromatic rings. The largest absolute Gasteiger partial charge is 0.465 e. The highest BCUT2D eigenvalue weighted by atomic mass is 35.5. The van der Waals surface area contributed by atoms with E-state index in [1.807, 2.05) is 0 Å². The SMILES string of the molecule is O=C(c1ccc(F)c(Cl)c1)C1CCCN(C(=O)O)C1. The Bertz CT molecular complexity index is 521. The number of carbonyl (C=O) groups is 2. The molecule has 1 unspecified atom stereocenters. The van der Waals surface area contributed by atoms with Crippen molar-refractivity contribution >= 4 is 23.5 Å². The number of rotatable bonds is 2. The molecule has 1 atom stereocenters. The quantitative estimate of drug-likeness (QED) is 0.850. The summed E-state index contributed by atoms with van der Waals surface area (Å²) in [6, 6.07) is 3.82. The molecule has 0 aromatic heterocycles. The highest BCUT2D eigenvalue weighted by Gasteiger charge is 2.29. The standard InChI is InChI=1S/C13H13ClFNO3/c14-10-6-8(3-4-11(10)15)12(17)9-2-1-5-16(7-9)13(18)19/h3-4,6,9H,1-2,5,7H2,(H,18,19). The lowest BCUT2D eigenvalue weighted by atomic mass is 9.90. The van der Waals surface area contributed by atoms with E-state index < -0.39 is 11.9 Å². The molecule has 0 spiro atoms. The van der Waals surface area contributed by atoms with Crippen LogP contribution < -0.4 is 0 Å². The molecule has 19 heavy (non-hydrogen) atoms. The summed E-state index contributed by atoms with van der Waals surface area (Å²) >= 11 is 5.64. The van der Waals surface area contributed by atoms with E-state index >= 15 is 0 Å². The minimum Gasteiger partial charge on any atom is -0.465 e. The fraction of sp³-hybridized carbons (Fsp3) is 0.385. The van der Waals surface area contributed by atoms with Gasteiger partial charge in [0.25, 0.3) is 0 Å². The van der Waals surface area contributed by atoms with Crippen molar-refractivity contribution in [2.45, 2.75) is 12.8 Å². The molecule has 1 amide bonds. The summed E-state index contributed by atoms with van der Waals surface area (Å²) in [6.45, 7) is 0.631. The Hall–Kier alpha value is -1.62. The van der Waals surface area contributed by atoms with Gasteiger partial charge in [0.15, 0.2) is 5.78 Å². The highest BCUT2D eigenvalue weighted by Crippen LogP contribution is 2.23. The van der Waals surface area contributed by atoms with E-state index in [0.717, 1.165) is 6.07 Å². The number of likely N-dealkylation sites (tertiary alicyclic amines) is 1. The molecule has 6 heteroatoms. The first-order valence-corrected chi connectivity index (χ1v) is 6.34.